The van der Waals surface area contributed by atoms with Gasteiger partial charge in [0.1, 0.15) is 5.82 Å². The van der Waals surface area contributed by atoms with E-state index < -0.39 is 11.2 Å². The van der Waals surface area contributed by atoms with E-state index in [0.29, 0.717) is 23.7 Å². The molecule has 3 N–H and O–H groups in total. The minimum absolute atomic E-state index is 0.220. The lowest BCUT2D eigenvalue weighted by atomic mass is 10.3. The van der Waals surface area contributed by atoms with Crippen LogP contribution in [0.15, 0.2) is 33.9 Å². The average Bonchev–Trinajstić information content (AvgIpc) is 3.03. The summed E-state index contributed by atoms with van der Waals surface area (Å²) >= 11 is 5.18. The highest BCUT2D eigenvalue weighted by Crippen LogP contribution is 2.14. The minimum atomic E-state index is -0.457. The zero-order chi connectivity index (χ0) is 19.7. The normalized spacial score (nSPS) is 10.8. The molecule has 2 aromatic heterocycles. The number of benzene rings is 1. The number of rotatable bonds is 4. The molecule has 0 aliphatic rings. The quantitative estimate of drug-likeness (QED) is 0.449. The van der Waals surface area contributed by atoms with E-state index in [4.69, 9.17) is 12.2 Å². The Kier molecular flexibility index (Phi) is 4.95. The van der Waals surface area contributed by atoms with Gasteiger partial charge in [-0.05, 0) is 43.4 Å². The molecular formula is C16H18FN7O2S. The van der Waals surface area contributed by atoms with Gasteiger partial charge in [0.25, 0.3) is 5.56 Å². The van der Waals surface area contributed by atoms with Crippen LogP contribution in [0.4, 0.5) is 16.0 Å². The topological polar surface area (TPSA) is 97.9 Å². The number of aryl methyl sites for hydroxylation is 2. The van der Waals surface area contributed by atoms with Crippen LogP contribution in [0, 0.1) is 5.82 Å². The summed E-state index contributed by atoms with van der Waals surface area (Å²) in [6, 6.07) is 5.71. The minimum Gasteiger partial charge on any atom is -0.331 e. The fourth-order valence-corrected chi connectivity index (χ4v) is 2.83. The van der Waals surface area contributed by atoms with Crippen LogP contribution in [-0.4, -0.2) is 23.8 Å². The van der Waals surface area contributed by atoms with E-state index in [2.05, 4.69) is 21.2 Å². The molecule has 0 amide bonds. The first-order valence-electron chi connectivity index (χ1n) is 8.08. The van der Waals surface area contributed by atoms with Crippen LogP contribution in [0.5, 0.6) is 0 Å². The molecule has 0 fully saturated rings. The number of hydrogen-bond donors (Lipinski definition) is 3. The molecule has 11 heteroatoms. The van der Waals surface area contributed by atoms with Crippen molar-refractivity contribution < 1.29 is 4.39 Å². The Hall–Kier alpha value is -3.21. The summed E-state index contributed by atoms with van der Waals surface area (Å²) < 4.78 is 16.9. The van der Waals surface area contributed by atoms with E-state index in [1.165, 1.54) is 23.7 Å². The Morgan fingerprint density at radius 1 is 1.19 bits per heavy atom. The molecule has 1 aromatic carbocycles. The van der Waals surface area contributed by atoms with Crippen LogP contribution in [-0.2, 0) is 20.6 Å². The second-order valence-electron chi connectivity index (χ2n) is 5.77. The molecule has 0 aliphatic heterocycles. The number of fused-ring (bicyclic) bond motifs is 1. The summed E-state index contributed by atoms with van der Waals surface area (Å²) in [6.45, 7) is 2.30. The first-order valence-corrected chi connectivity index (χ1v) is 8.49. The van der Waals surface area contributed by atoms with Crippen molar-refractivity contribution in [2.75, 3.05) is 10.7 Å². The van der Waals surface area contributed by atoms with Crippen LogP contribution in [0.25, 0.3) is 11.2 Å². The fraction of sp³-hybridized carbons (Fsp3) is 0.250. The van der Waals surface area contributed by atoms with Crippen LogP contribution in [0.1, 0.15) is 6.92 Å². The lowest BCUT2D eigenvalue weighted by molar-refractivity contribution is 0.628. The summed E-state index contributed by atoms with van der Waals surface area (Å²) in [5, 5.41) is 3.11. The lowest BCUT2D eigenvalue weighted by Gasteiger charge is -2.13. The maximum Gasteiger partial charge on any atom is 0.332 e. The van der Waals surface area contributed by atoms with Crippen molar-refractivity contribution in [3.63, 3.8) is 0 Å². The van der Waals surface area contributed by atoms with Gasteiger partial charge < -0.3 is 9.88 Å². The summed E-state index contributed by atoms with van der Waals surface area (Å²) in [7, 11) is 2.97. The summed E-state index contributed by atoms with van der Waals surface area (Å²) in [4.78, 5) is 28.9. The highest BCUT2D eigenvalue weighted by atomic mass is 32.1. The summed E-state index contributed by atoms with van der Waals surface area (Å²) in [5.74, 6) is -0.0181. The van der Waals surface area contributed by atoms with Crippen LogP contribution in [0.3, 0.4) is 0 Å². The number of hydrazine groups is 1. The predicted octanol–water partition coefficient (Wildman–Crippen LogP) is 0.906. The average molecular weight is 391 g/mol. The fourth-order valence-electron chi connectivity index (χ4n) is 2.66. The molecule has 2 heterocycles. The molecule has 0 spiro atoms. The summed E-state index contributed by atoms with van der Waals surface area (Å²) in [6.07, 6.45) is 0. The van der Waals surface area contributed by atoms with Gasteiger partial charge in [0.05, 0.1) is 0 Å². The van der Waals surface area contributed by atoms with E-state index in [-0.39, 0.29) is 16.6 Å². The molecule has 3 rings (SSSR count). The number of hydrogen-bond acceptors (Lipinski definition) is 5. The lowest BCUT2D eigenvalue weighted by Crippen LogP contribution is -2.37. The van der Waals surface area contributed by atoms with Crippen molar-refractivity contribution in [3.05, 3.63) is 50.9 Å². The highest BCUT2D eigenvalue weighted by Gasteiger charge is 2.18. The maximum absolute atomic E-state index is 12.9. The monoisotopic (exact) mass is 391 g/mol. The van der Waals surface area contributed by atoms with Crippen molar-refractivity contribution in [2.24, 2.45) is 14.1 Å². The van der Waals surface area contributed by atoms with Crippen molar-refractivity contribution in [1.82, 2.24) is 24.1 Å². The van der Waals surface area contributed by atoms with E-state index in [9.17, 15) is 14.0 Å². The number of halogens is 1. The van der Waals surface area contributed by atoms with Crippen molar-refractivity contribution in [3.8, 4) is 0 Å². The summed E-state index contributed by atoms with van der Waals surface area (Å²) in [5.41, 5.74) is 5.90. The first kappa shape index (κ1) is 18.6. The maximum atomic E-state index is 12.9. The molecule has 0 atom stereocenters. The first-order chi connectivity index (χ1) is 12.8. The van der Waals surface area contributed by atoms with Gasteiger partial charge in [-0.15, -0.1) is 0 Å². The standard InChI is InChI=1S/C16H18FN7O2S/c1-4-24-11-12(22(2)16(26)23(3)13(11)25)19-14(24)20-21-15(27)18-10-7-5-9(17)6-8-10/h5-8H,4H2,1-3H3,(H,19,20)(H2,18,21,27). The third-order valence-corrected chi connectivity index (χ3v) is 4.26. The molecule has 0 bridgehead atoms. The Labute approximate surface area is 158 Å². The third kappa shape index (κ3) is 3.40. The SMILES string of the molecule is CCn1c(NNC(=S)Nc2ccc(F)cc2)nc2c1c(=O)n(C)c(=O)n2C. The Morgan fingerprint density at radius 2 is 1.85 bits per heavy atom. The Morgan fingerprint density at radius 3 is 2.48 bits per heavy atom. The molecular weight excluding hydrogens is 373 g/mol. The molecule has 9 nitrogen and oxygen atoms in total. The number of anilines is 2. The van der Waals surface area contributed by atoms with Crippen LogP contribution < -0.4 is 27.4 Å². The smallest absolute Gasteiger partial charge is 0.331 e. The molecule has 142 valence electrons. The number of nitrogens with zero attached hydrogens (tertiary/aromatic N) is 4. The molecule has 3 aromatic rings. The largest absolute Gasteiger partial charge is 0.332 e. The van der Waals surface area contributed by atoms with Gasteiger partial charge in [-0.2, -0.15) is 4.98 Å². The molecule has 0 radical (unpaired) electrons. The Bertz CT molecular complexity index is 1130. The molecule has 0 aliphatic carbocycles. The van der Waals surface area contributed by atoms with Gasteiger partial charge in [0.2, 0.25) is 5.95 Å². The van der Waals surface area contributed by atoms with Gasteiger partial charge in [-0.1, -0.05) is 0 Å². The van der Waals surface area contributed by atoms with E-state index in [1.807, 2.05) is 6.92 Å². The zero-order valence-electron chi connectivity index (χ0n) is 14.9. The van der Waals surface area contributed by atoms with E-state index in [1.54, 1.807) is 23.7 Å². The predicted molar refractivity (Wildman–Crippen MR) is 105 cm³/mol. The highest BCUT2D eigenvalue weighted by molar-refractivity contribution is 7.80. The molecule has 0 saturated heterocycles. The number of aromatic nitrogens is 4. The Balaban J connectivity index is 1.87. The second-order valence-corrected chi connectivity index (χ2v) is 6.18. The number of thiocarbonyl (C=S) groups is 1. The van der Waals surface area contributed by atoms with Gasteiger partial charge in [0.15, 0.2) is 16.3 Å². The molecule has 27 heavy (non-hydrogen) atoms. The van der Waals surface area contributed by atoms with Gasteiger partial charge in [-0.3, -0.25) is 24.8 Å². The van der Waals surface area contributed by atoms with Crippen molar-refractivity contribution in [1.29, 1.82) is 0 Å². The third-order valence-electron chi connectivity index (χ3n) is 4.05. The molecule has 0 saturated carbocycles. The second kappa shape index (κ2) is 7.19. The number of nitrogens with one attached hydrogen (secondary N) is 3. The van der Waals surface area contributed by atoms with Gasteiger partial charge >= 0.3 is 5.69 Å². The van der Waals surface area contributed by atoms with Crippen molar-refractivity contribution in [2.45, 2.75) is 13.5 Å². The van der Waals surface area contributed by atoms with Gasteiger partial charge in [0, 0.05) is 26.3 Å². The van der Waals surface area contributed by atoms with E-state index in [0.717, 1.165) is 4.57 Å². The molecule has 0 unspecified atom stereocenters. The van der Waals surface area contributed by atoms with Crippen LogP contribution >= 0.6 is 12.2 Å². The van der Waals surface area contributed by atoms with Crippen LogP contribution in [0.2, 0.25) is 0 Å². The van der Waals surface area contributed by atoms with Crippen molar-refractivity contribution >= 4 is 40.1 Å². The zero-order valence-corrected chi connectivity index (χ0v) is 15.7. The van der Waals surface area contributed by atoms with E-state index >= 15 is 0 Å². The number of imidazole rings is 1. The van der Waals surface area contributed by atoms with Gasteiger partial charge in [-0.25, -0.2) is 9.18 Å².